The second-order valence-electron chi connectivity index (χ2n) is 6.67. The number of hydrogen-bond acceptors (Lipinski definition) is 4. The van der Waals surface area contributed by atoms with E-state index in [0.717, 1.165) is 36.1 Å². The first-order chi connectivity index (χ1) is 11.6. The molecule has 0 saturated carbocycles. The minimum Gasteiger partial charge on any atom is -0.330 e. The second-order valence-corrected chi connectivity index (χ2v) is 6.67. The Morgan fingerprint density at radius 2 is 2.00 bits per heavy atom. The lowest BCUT2D eigenvalue weighted by Gasteiger charge is -2.13. The molecule has 0 radical (unpaired) electrons. The molecule has 2 heterocycles. The highest BCUT2D eigenvalue weighted by Crippen LogP contribution is 2.29. The quantitative estimate of drug-likeness (QED) is 0.666. The summed E-state index contributed by atoms with van der Waals surface area (Å²) in [5.41, 5.74) is 7.35. The van der Waals surface area contributed by atoms with E-state index in [1.54, 1.807) is 7.11 Å². The number of rotatable bonds is 7. The van der Waals surface area contributed by atoms with E-state index in [0.29, 0.717) is 12.0 Å². The molecule has 1 N–H and O–H groups in total. The van der Waals surface area contributed by atoms with E-state index in [1.165, 1.54) is 10.9 Å². The lowest BCUT2D eigenvalue weighted by Crippen LogP contribution is -2.24. The fourth-order valence-electron chi connectivity index (χ4n) is 3.21. The standard InChI is InChI=1S/C19H26N4O/c1-13(2)17-18-19(15-9-5-6-10-16(15)21-17)23(12-20-18)11-7-8-14(3)22-24-4/h5-6,9-10,12-14,22H,7-8,11H2,1-4H3. The van der Waals surface area contributed by atoms with Gasteiger partial charge in [0.1, 0.15) is 5.52 Å². The Balaban J connectivity index is 1.97. The molecule has 3 aromatic rings. The van der Waals surface area contributed by atoms with E-state index in [2.05, 4.69) is 54.0 Å². The number of para-hydroxylation sites is 1. The number of aryl methyl sites for hydroxylation is 1. The Labute approximate surface area is 143 Å². The maximum absolute atomic E-state index is 4.98. The van der Waals surface area contributed by atoms with Crippen LogP contribution in [-0.4, -0.2) is 27.7 Å². The van der Waals surface area contributed by atoms with Crippen molar-refractivity contribution in [2.45, 2.75) is 52.1 Å². The third-order valence-electron chi connectivity index (χ3n) is 4.38. The third kappa shape index (κ3) is 3.28. The fraction of sp³-hybridized carbons (Fsp3) is 0.474. The first kappa shape index (κ1) is 16.9. The molecule has 1 unspecified atom stereocenters. The van der Waals surface area contributed by atoms with E-state index in [9.17, 15) is 0 Å². The summed E-state index contributed by atoms with van der Waals surface area (Å²) in [6.45, 7) is 7.42. The molecule has 2 aromatic heterocycles. The molecule has 1 aromatic carbocycles. The highest BCUT2D eigenvalue weighted by atomic mass is 16.6. The van der Waals surface area contributed by atoms with Crippen molar-refractivity contribution in [2.24, 2.45) is 0 Å². The minimum atomic E-state index is 0.342. The van der Waals surface area contributed by atoms with Crippen molar-refractivity contribution in [1.29, 1.82) is 0 Å². The van der Waals surface area contributed by atoms with Crippen LogP contribution in [0.3, 0.4) is 0 Å². The van der Waals surface area contributed by atoms with Crippen LogP contribution in [0, 0.1) is 0 Å². The van der Waals surface area contributed by atoms with Crippen LogP contribution in [0.15, 0.2) is 30.6 Å². The summed E-state index contributed by atoms with van der Waals surface area (Å²) in [5, 5.41) is 1.18. The lowest BCUT2D eigenvalue weighted by atomic mass is 10.1. The molecule has 3 rings (SSSR count). The van der Waals surface area contributed by atoms with E-state index < -0.39 is 0 Å². The number of aromatic nitrogens is 3. The third-order valence-corrected chi connectivity index (χ3v) is 4.38. The Morgan fingerprint density at radius 1 is 1.21 bits per heavy atom. The number of imidazole rings is 1. The van der Waals surface area contributed by atoms with E-state index in [-0.39, 0.29) is 0 Å². The molecule has 0 aliphatic rings. The average molecular weight is 326 g/mol. The number of fused-ring (bicyclic) bond motifs is 3. The normalized spacial score (nSPS) is 13.2. The molecule has 0 fully saturated rings. The molecule has 0 aliphatic carbocycles. The predicted octanol–water partition coefficient (Wildman–Crippen LogP) is 4.03. The molecule has 0 spiro atoms. The van der Waals surface area contributed by atoms with Gasteiger partial charge in [0, 0.05) is 18.0 Å². The topological polar surface area (TPSA) is 52.0 Å². The summed E-state index contributed by atoms with van der Waals surface area (Å²) in [6.07, 6.45) is 4.07. The Morgan fingerprint density at radius 3 is 2.75 bits per heavy atom. The number of hydroxylamine groups is 1. The molecule has 128 valence electrons. The van der Waals surface area contributed by atoms with Crippen molar-refractivity contribution < 1.29 is 4.84 Å². The Hall–Kier alpha value is -1.98. The molecular weight excluding hydrogens is 300 g/mol. The largest absolute Gasteiger partial charge is 0.330 e. The molecule has 1 atom stereocenters. The van der Waals surface area contributed by atoms with Crippen molar-refractivity contribution >= 4 is 21.9 Å². The van der Waals surface area contributed by atoms with Gasteiger partial charge in [0.2, 0.25) is 0 Å². The fourth-order valence-corrected chi connectivity index (χ4v) is 3.21. The maximum Gasteiger partial charge on any atom is 0.111 e. The minimum absolute atomic E-state index is 0.342. The molecule has 5 heteroatoms. The summed E-state index contributed by atoms with van der Waals surface area (Å²) < 4.78 is 2.27. The number of benzene rings is 1. The second kappa shape index (κ2) is 7.28. The van der Waals surface area contributed by atoms with Gasteiger partial charge >= 0.3 is 0 Å². The maximum atomic E-state index is 4.98. The van der Waals surface area contributed by atoms with Gasteiger partial charge in [0.05, 0.1) is 30.2 Å². The molecule has 0 amide bonds. The van der Waals surface area contributed by atoms with Gasteiger partial charge in [-0.1, -0.05) is 32.0 Å². The zero-order valence-electron chi connectivity index (χ0n) is 14.9. The van der Waals surface area contributed by atoms with Crippen molar-refractivity contribution in [1.82, 2.24) is 20.0 Å². The molecule has 24 heavy (non-hydrogen) atoms. The van der Waals surface area contributed by atoms with Gasteiger partial charge in [-0.3, -0.25) is 4.98 Å². The van der Waals surface area contributed by atoms with Crippen molar-refractivity contribution in [2.75, 3.05) is 7.11 Å². The average Bonchev–Trinajstić information content (AvgIpc) is 2.98. The van der Waals surface area contributed by atoms with E-state index in [4.69, 9.17) is 9.82 Å². The smallest absolute Gasteiger partial charge is 0.111 e. The molecule has 0 aliphatic heterocycles. The number of hydrogen-bond donors (Lipinski definition) is 1. The summed E-state index contributed by atoms with van der Waals surface area (Å²) in [6, 6.07) is 8.68. The molecule has 0 saturated heterocycles. The first-order valence-corrected chi connectivity index (χ1v) is 8.63. The lowest BCUT2D eigenvalue weighted by molar-refractivity contribution is 0.0626. The first-order valence-electron chi connectivity index (χ1n) is 8.63. The van der Waals surface area contributed by atoms with Crippen LogP contribution < -0.4 is 5.48 Å². The zero-order chi connectivity index (χ0) is 17.1. The summed E-state index contributed by atoms with van der Waals surface area (Å²) >= 11 is 0. The van der Waals surface area contributed by atoms with Gasteiger partial charge in [0.25, 0.3) is 0 Å². The van der Waals surface area contributed by atoms with Crippen LogP contribution in [0.4, 0.5) is 0 Å². The highest BCUT2D eigenvalue weighted by Gasteiger charge is 2.15. The summed E-state index contributed by atoms with van der Waals surface area (Å²) in [4.78, 5) is 14.5. The summed E-state index contributed by atoms with van der Waals surface area (Å²) in [5.74, 6) is 0.353. The molecule has 0 bridgehead atoms. The van der Waals surface area contributed by atoms with Gasteiger partial charge < -0.3 is 9.40 Å². The van der Waals surface area contributed by atoms with Crippen molar-refractivity contribution in [3.8, 4) is 0 Å². The molecular formula is C19H26N4O. The Bertz CT molecular complexity index is 825. The van der Waals surface area contributed by atoms with E-state index >= 15 is 0 Å². The number of nitrogens with zero attached hydrogens (tertiary/aromatic N) is 3. The number of nitrogens with one attached hydrogen (secondary N) is 1. The van der Waals surface area contributed by atoms with Crippen LogP contribution in [-0.2, 0) is 11.4 Å². The zero-order valence-corrected chi connectivity index (χ0v) is 14.9. The van der Waals surface area contributed by atoms with Crippen LogP contribution in [0.5, 0.6) is 0 Å². The van der Waals surface area contributed by atoms with Crippen molar-refractivity contribution in [3.05, 3.63) is 36.3 Å². The van der Waals surface area contributed by atoms with Gasteiger partial charge in [-0.25, -0.2) is 10.5 Å². The van der Waals surface area contributed by atoms with Crippen LogP contribution in [0.25, 0.3) is 21.9 Å². The van der Waals surface area contributed by atoms with Crippen LogP contribution in [0.1, 0.15) is 45.2 Å². The summed E-state index contributed by atoms with van der Waals surface area (Å²) in [7, 11) is 1.66. The van der Waals surface area contributed by atoms with Gasteiger partial charge in [0.15, 0.2) is 0 Å². The Kier molecular flexibility index (Phi) is 5.11. The van der Waals surface area contributed by atoms with Gasteiger partial charge in [-0.15, -0.1) is 0 Å². The SMILES string of the molecule is CONC(C)CCCn1cnc2c(C(C)C)nc3ccccc3c21. The molecule has 5 nitrogen and oxygen atoms in total. The van der Waals surface area contributed by atoms with Crippen LogP contribution in [0.2, 0.25) is 0 Å². The predicted molar refractivity (Wildman–Crippen MR) is 98.0 cm³/mol. The highest BCUT2D eigenvalue weighted by molar-refractivity contribution is 6.03. The monoisotopic (exact) mass is 326 g/mol. The van der Waals surface area contributed by atoms with Gasteiger partial charge in [-0.05, 0) is 31.7 Å². The van der Waals surface area contributed by atoms with Gasteiger partial charge in [-0.2, -0.15) is 0 Å². The van der Waals surface area contributed by atoms with Crippen molar-refractivity contribution in [3.63, 3.8) is 0 Å². The van der Waals surface area contributed by atoms with E-state index in [1.807, 2.05) is 12.4 Å². The van der Waals surface area contributed by atoms with Crippen LogP contribution >= 0.6 is 0 Å². The number of pyridine rings is 1.